The van der Waals surface area contributed by atoms with Gasteiger partial charge in [-0.25, -0.2) is 0 Å². The molecule has 4 heteroatoms. The molecule has 3 aromatic carbocycles. The van der Waals surface area contributed by atoms with Crippen molar-refractivity contribution in [2.45, 2.75) is 32.9 Å². The highest BCUT2D eigenvalue weighted by atomic mass is 16.5. The molecule has 0 bridgehead atoms. The average Bonchev–Trinajstić information content (AvgIpc) is 2.79. The quantitative estimate of drug-likeness (QED) is 0.272. The number of anilines is 1. The summed E-state index contributed by atoms with van der Waals surface area (Å²) in [4.78, 5) is 0. The number of nitrogens with one attached hydrogen (secondary N) is 3. The van der Waals surface area contributed by atoms with Gasteiger partial charge < -0.3 is 20.8 Å². The van der Waals surface area contributed by atoms with E-state index in [0.717, 1.165) is 49.5 Å². The largest absolute Gasteiger partial charge is 0.492 e. The summed E-state index contributed by atoms with van der Waals surface area (Å²) in [7, 11) is 0. The number of ether oxygens (including phenoxy) is 1. The maximum Gasteiger partial charge on any atom is 0.121 e. The summed E-state index contributed by atoms with van der Waals surface area (Å²) in [5.41, 5.74) is 5.03. The van der Waals surface area contributed by atoms with Crippen LogP contribution in [0, 0.1) is 5.41 Å². The summed E-state index contributed by atoms with van der Waals surface area (Å²) in [5, 5.41) is 15.3. The standard InChI is InChI=1S/C26H31N3O/c1-2-9-25(27)24-15-14-23(18-26(24)29-20-22-12-7-4-8-13-22)30-17-16-28-19-21-10-5-3-6-11-21/h3-8,10-15,18,27-29H,2,9,16-17,19-20H2,1H3. The molecule has 0 heterocycles. The lowest BCUT2D eigenvalue weighted by Gasteiger charge is -2.15. The van der Waals surface area contributed by atoms with E-state index in [1.54, 1.807) is 0 Å². The lowest BCUT2D eigenvalue weighted by atomic mass is 10.0. The Hall–Kier alpha value is -3.11. The van der Waals surface area contributed by atoms with Gasteiger partial charge in [-0.2, -0.15) is 0 Å². The van der Waals surface area contributed by atoms with Crippen molar-refractivity contribution in [2.75, 3.05) is 18.5 Å². The van der Waals surface area contributed by atoms with Crippen LogP contribution in [0.4, 0.5) is 5.69 Å². The molecule has 4 nitrogen and oxygen atoms in total. The maximum absolute atomic E-state index is 8.41. The lowest BCUT2D eigenvalue weighted by molar-refractivity contribution is 0.314. The molecule has 30 heavy (non-hydrogen) atoms. The summed E-state index contributed by atoms with van der Waals surface area (Å²) < 4.78 is 5.96. The second-order valence-electron chi connectivity index (χ2n) is 7.29. The summed E-state index contributed by atoms with van der Waals surface area (Å²) >= 11 is 0. The lowest BCUT2D eigenvalue weighted by Crippen LogP contribution is -2.20. The van der Waals surface area contributed by atoms with Gasteiger partial charge in [0.05, 0.1) is 0 Å². The van der Waals surface area contributed by atoms with Crippen LogP contribution in [-0.4, -0.2) is 18.9 Å². The Kier molecular flexibility index (Phi) is 8.48. The molecule has 156 valence electrons. The molecule has 3 rings (SSSR count). The van der Waals surface area contributed by atoms with Crippen LogP contribution in [0.25, 0.3) is 0 Å². The minimum absolute atomic E-state index is 0.594. The monoisotopic (exact) mass is 401 g/mol. The van der Waals surface area contributed by atoms with Crippen LogP contribution in [-0.2, 0) is 13.1 Å². The first-order valence-electron chi connectivity index (χ1n) is 10.6. The Morgan fingerprint density at radius 2 is 1.53 bits per heavy atom. The fourth-order valence-electron chi connectivity index (χ4n) is 3.27. The van der Waals surface area contributed by atoms with Crippen LogP contribution in [0.1, 0.15) is 36.5 Å². The predicted molar refractivity (Wildman–Crippen MR) is 126 cm³/mol. The molecule has 0 aliphatic carbocycles. The molecule has 0 fully saturated rings. The summed E-state index contributed by atoms with van der Waals surface area (Å²) in [6.45, 7) is 5.02. The topological polar surface area (TPSA) is 57.1 Å². The average molecular weight is 402 g/mol. The molecule has 3 aromatic rings. The van der Waals surface area contributed by atoms with E-state index in [4.69, 9.17) is 10.1 Å². The van der Waals surface area contributed by atoms with E-state index in [1.165, 1.54) is 11.1 Å². The van der Waals surface area contributed by atoms with E-state index in [9.17, 15) is 0 Å². The van der Waals surface area contributed by atoms with Gasteiger partial charge in [0.1, 0.15) is 12.4 Å². The van der Waals surface area contributed by atoms with E-state index in [2.05, 4.69) is 54.0 Å². The number of hydrogen-bond acceptors (Lipinski definition) is 4. The first-order valence-corrected chi connectivity index (χ1v) is 10.6. The molecule has 0 atom stereocenters. The Morgan fingerprint density at radius 1 is 0.867 bits per heavy atom. The normalized spacial score (nSPS) is 10.6. The van der Waals surface area contributed by atoms with Gasteiger partial charge in [0, 0.05) is 42.7 Å². The highest BCUT2D eigenvalue weighted by Crippen LogP contribution is 2.25. The third-order valence-electron chi connectivity index (χ3n) is 4.86. The highest BCUT2D eigenvalue weighted by molar-refractivity contribution is 6.03. The highest BCUT2D eigenvalue weighted by Gasteiger charge is 2.09. The molecule has 0 aromatic heterocycles. The van der Waals surface area contributed by atoms with E-state index < -0.39 is 0 Å². The maximum atomic E-state index is 8.41. The Balaban J connectivity index is 1.58. The SMILES string of the molecule is CCCC(=N)c1ccc(OCCNCc2ccccc2)cc1NCc1ccccc1. The van der Waals surface area contributed by atoms with Crippen LogP contribution in [0.15, 0.2) is 78.9 Å². The van der Waals surface area contributed by atoms with E-state index in [0.29, 0.717) is 12.3 Å². The summed E-state index contributed by atoms with van der Waals surface area (Å²) in [6, 6.07) is 26.6. The molecule has 0 aliphatic heterocycles. The second-order valence-corrected chi connectivity index (χ2v) is 7.29. The molecule has 0 spiro atoms. The van der Waals surface area contributed by atoms with Gasteiger partial charge in [-0.3, -0.25) is 0 Å². The molecule has 0 aliphatic rings. The van der Waals surface area contributed by atoms with Crippen molar-refractivity contribution in [1.29, 1.82) is 5.41 Å². The first kappa shape index (κ1) is 21.6. The van der Waals surface area contributed by atoms with Gasteiger partial charge >= 0.3 is 0 Å². The van der Waals surface area contributed by atoms with Gasteiger partial charge in [-0.1, -0.05) is 74.0 Å². The number of rotatable bonds is 12. The third-order valence-corrected chi connectivity index (χ3v) is 4.86. The van der Waals surface area contributed by atoms with Crippen molar-refractivity contribution in [3.63, 3.8) is 0 Å². The zero-order valence-corrected chi connectivity index (χ0v) is 17.7. The van der Waals surface area contributed by atoms with Crippen molar-refractivity contribution in [1.82, 2.24) is 5.32 Å². The van der Waals surface area contributed by atoms with Gasteiger partial charge in [0.25, 0.3) is 0 Å². The summed E-state index contributed by atoms with van der Waals surface area (Å²) in [6.07, 6.45) is 1.73. The van der Waals surface area contributed by atoms with Crippen molar-refractivity contribution in [2.24, 2.45) is 0 Å². The fraction of sp³-hybridized carbons (Fsp3) is 0.269. The van der Waals surface area contributed by atoms with Gasteiger partial charge in [-0.15, -0.1) is 0 Å². The van der Waals surface area contributed by atoms with Gasteiger partial charge in [0.15, 0.2) is 0 Å². The molecule has 3 N–H and O–H groups in total. The van der Waals surface area contributed by atoms with Crippen LogP contribution in [0.2, 0.25) is 0 Å². The molecule has 0 saturated heterocycles. The van der Waals surface area contributed by atoms with Crippen LogP contribution in [0.5, 0.6) is 5.75 Å². The van der Waals surface area contributed by atoms with Crippen molar-refractivity contribution < 1.29 is 4.74 Å². The Bertz CT molecular complexity index is 910. The molecule has 0 unspecified atom stereocenters. The third kappa shape index (κ3) is 6.75. The minimum Gasteiger partial charge on any atom is -0.492 e. The van der Waals surface area contributed by atoms with Crippen molar-refractivity contribution >= 4 is 11.4 Å². The summed E-state index contributed by atoms with van der Waals surface area (Å²) in [5.74, 6) is 0.820. The van der Waals surface area contributed by atoms with E-state index in [-0.39, 0.29) is 0 Å². The Labute approximate surface area is 179 Å². The molecule has 0 amide bonds. The van der Waals surface area contributed by atoms with E-state index >= 15 is 0 Å². The first-order chi connectivity index (χ1) is 14.8. The van der Waals surface area contributed by atoms with E-state index in [1.807, 2.05) is 42.5 Å². The molecular formula is C26H31N3O. The van der Waals surface area contributed by atoms with Crippen LogP contribution < -0.4 is 15.4 Å². The second kappa shape index (κ2) is 11.8. The molecule has 0 radical (unpaired) electrons. The zero-order chi connectivity index (χ0) is 21.0. The number of hydrogen-bond donors (Lipinski definition) is 3. The minimum atomic E-state index is 0.594. The van der Waals surface area contributed by atoms with Crippen LogP contribution >= 0.6 is 0 Å². The molecule has 0 saturated carbocycles. The Morgan fingerprint density at radius 3 is 2.20 bits per heavy atom. The van der Waals surface area contributed by atoms with Gasteiger partial charge in [-0.05, 0) is 29.7 Å². The number of benzene rings is 3. The molecular weight excluding hydrogens is 370 g/mol. The zero-order valence-electron chi connectivity index (χ0n) is 17.7. The van der Waals surface area contributed by atoms with Crippen LogP contribution in [0.3, 0.4) is 0 Å². The predicted octanol–water partition coefficient (Wildman–Crippen LogP) is 5.64. The van der Waals surface area contributed by atoms with Crippen molar-refractivity contribution in [3.05, 3.63) is 95.6 Å². The van der Waals surface area contributed by atoms with Crippen molar-refractivity contribution in [3.8, 4) is 5.75 Å². The smallest absolute Gasteiger partial charge is 0.121 e. The fourth-order valence-corrected chi connectivity index (χ4v) is 3.27. The van der Waals surface area contributed by atoms with Gasteiger partial charge in [0.2, 0.25) is 0 Å².